The zero-order valence-electron chi connectivity index (χ0n) is 17.4. The molecular formula is C21H22N6O5. The summed E-state index contributed by atoms with van der Waals surface area (Å²) >= 11 is 0. The number of aromatic nitrogens is 1. The van der Waals surface area contributed by atoms with Crippen LogP contribution in [0.2, 0.25) is 0 Å². The van der Waals surface area contributed by atoms with Gasteiger partial charge in [-0.1, -0.05) is 30.3 Å². The van der Waals surface area contributed by atoms with Crippen molar-refractivity contribution in [3.8, 4) is 0 Å². The first-order valence-electron chi connectivity index (χ1n) is 9.59. The minimum Gasteiger partial charge on any atom is -0.481 e. The SMILES string of the molecule is CC(=O)N([C@H](CC(=O)O)c1cccnc1)N1C(=O)N[C@](C)(c2ccc(C(=N)N)cc2)C1=O. The van der Waals surface area contributed by atoms with Crippen LogP contribution in [-0.4, -0.2) is 49.8 Å². The standard InChI is InChI=1S/C21H22N6O5/c1-12(28)26(16(10-17(29)30)14-4-3-9-24-11-14)27-19(31)21(2,25-20(27)32)15-7-5-13(6-8-15)18(22)23/h3-9,11,16H,10H2,1-2H3,(H3,22,23)(H,25,32)(H,29,30)/t16-,21-/m1/s1. The van der Waals surface area contributed by atoms with Crippen molar-refractivity contribution in [2.24, 2.45) is 5.73 Å². The monoisotopic (exact) mass is 438 g/mol. The van der Waals surface area contributed by atoms with Gasteiger partial charge in [0.25, 0.3) is 5.91 Å². The highest BCUT2D eigenvalue weighted by molar-refractivity contribution is 6.08. The van der Waals surface area contributed by atoms with E-state index >= 15 is 0 Å². The van der Waals surface area contributed by atoms with E-state index in [1.807, 2.05) is 0 Å². The predicted octanol–water partition coefficient (Wildman–Crippen LogP) is 1.11. The fourth-order valence-corrected chi connectivity index (χ4v) is 3.58. The second-order valence-corrected chi connectivity index (χ2v) is 7.43. The molecule has 0 radical (unpaired) electrons. The lowest BCUT2D eigenvalue weighted by molar-refractivity contribution is -0.162. The van der Waals surface area contributed by atoms with Gasteiger partial charge in [-0.3, -0.25) is 24.8 Å². The number of aliphatic carboxylic acids is 1. The van der Waals surface area contributed by atoms with Crippen molar-refractivity contribution >= 4 is 29.7 Å². The van der Waals surface area contributed by atoms with Gasteiger partial charge in [0, 0.05) is 24.9 Å². The van der Waals surface area contributed by atoms with Crippen molar-refractivity contribution in [3.05, 3.63) is 65.5 Å². The second-order valence-electron chi connectivity index (χ2n) is 7.43. The Morgan fingerprint density at radius 2 is 1.94 bits per heavy atom. The summed E-state index contributed by atoms with van der Waals surface area (Å²) in [7, 11) is 0. The van der Waals surface area contributed by atoms with Gasteiger partial charge in [0.1, 0.15) is 11.4 Å². The zero-order chi connectivity index (χ0) is 23.6. The molecule has 4 amide bonds. The van der Waals surface area contributed by atoms with Crippen molar-refractivity contribution in [1.82, 2.24) is 20.3 Å². The summed E-state index contributed by atoms with van der Waals surface area (Å²) in [6.07, 6.45) is 2.31. The molecule has 1 aliphatic heterocycles. The van der Waals surface area contributed by atoms with E-state index in [9.17, 15) is 24.3 Å². The number of carbonyl (C=O) groups excluding carboxylic acids is 3. The molecule has 166 valence electrons. The minimum atomic E-state index is -1.52. The molecule has 1 saturated heterocycles. The molecule has 1 aromatic heterocycles. The number of nitrogens with zero attached hydrogens (tertiary/aromatic N) is 3. The molecule has 3 rings (SSSR count). The van der Waals surface area contributed by atoms with Gasteiger partial charge >= 0.3 is 12.0 Å². The van der Waals surface area contributed by atoms with Gasteiger partial charge in [0.15, 0.2) is 0 Å². The first kappa shape index (κ1) is 22.4. The van der Waals surface area contributed by atoms with Crippen LogP contribution in [0.25, 0.3) is 0 Å². The van der Waals surface area contributed by atoms with Gasteiger partial charge in [-0.15, -0.1) is 0 Å². The Labute approximate surface area is 183 Å². The van der Waals surface area contributed by atoms with E-state index in [1.54, 1.807) is 24.3 Å². The number of hydrogen-bond donors (Lipinski definition) is 4. The van der Waals surface area contributed by atoms with Crippen LogP contribution in [0.15, 0.2) is 48.8 Å². The lowest BCUT2D eigenvalue weighted by Gasteiger charge is -2.35. The smallest absolute Gasteiger partial charge is 0.344 e. The first-order valence-corrected chi connectivity index (χ1v) is 9.59. The molecule has 11 heteroatoms. The van der Waals surface area contributed by atoms with E-state index in [-0.39, 0.29) is 5.84 Å². The summed E-state index contributed by atoms with van der Waals surface area (Å²) in [5.74, 6) is -2.83. The first-order chi connectivity index (χ1) is 15.1. The van der Waals surface area contributed by atoms with E-state index in [2.05, 4.69) is 10.3 Å². The van der Waals surface area contributed by atoms with Crippen molar-refractivity contribution in [2.45, 2.75) is 31.8 Å². The highest BCUT2D eigenvalue weighted by atomic mass is 16.4. The van der Waals surface area contributed by atoms with E-state index in [4.69, 9.17) is 11.1 Å². The Morgan fingerprint density at radius 1 is 1.28 bits per heavy atom. The Balaban J connectivity index is 2.04. The summed E-state index contributed by atoms with van der Waals surface area (Å²) in [6.45, 7) is 2.62. The predicted molar refractivity (Wildman–Crippen MR) is 112 cm³/mol. The Hall–Kier alpha value is -4.28. The number of carboxylic acid groups (broad SMARTS) is 1. The van der Waals surface area contributed by atoms with Crippen molar-refractivity contribution in [3.63, 3.8) is 0 Å². The fraction of sp³-hybridized carbons (Fsp3) is 0.238. The van der Waals surface area contributed by atoms with Crippen LogP contribution in [0.5, 0.6) is 0 Å². The summed E-state index contributed by atoms with van der Waals surface area (Å²) in [4.78, 5) is 54.4. The normalized spacial score (nSPS) is 18.8. The molecule has 2 atom stereocenters. The van der Waals surface area contributed by atoms with Gasteiger partial charge < -0.3 is 16.2 Å². The number of urea groups is 1. The summed E-state index contributed by atoms with van der Waals surface area (Å²) in [5.41, 5.74) is 5.14. The molecule has 32 heavy (non-hydrogen) atoms. The zero-order valence-corrected chi connectivity index (χ0v) is 17.4. The molecule has 5 N–H and O–H groups in total. The van der Waals surface area contributed by atoms with Gasteiger partial charge in [-0.2, -0.15) is 5.01 Å². The third-order valence-electron chi connectivity index (χ3n) is 5.21. The minimum absolute atomic E-state index is 0.152. The van der Waals surface area contributed by atoms with Crippen molar-refractivity contribution < 1.29 is 24.3 Å². The molecule has 0 unspecified atom stereocenters. The van der Waals surface area contributed by atoms with Crippen LogP contribution in [-0.2, 0) is 19.9 Å². The van der Waals surface area contributed by atoms with Crippen LogP contribution in [0.4, 0.5) is 4.79 Å². The number of amides is 4. The number of hydrazine groups is 1. The second kappa shape index (κ2) is 8.46. The van der Waals surface area contributed by atoms with Crippen LogP contribution >= 0.6 is 0 Å². The van der Waals surface area contributed by atoms with E-state index in [1.165, 1.54) is 31.5 Å². The molecule has 11 nitrogen and oxygen atoms in total. The maximum Gasteiger partial charge on any atom is 0.344 e. The number of amidine groups is 1. The van der Waals surface area contributed by atoms with Gasteiger partial charge in [0.05, 0.1) is 12.5 Å². The maximum absolute atomic E-state index is 13.4. The van der Waals surface area contributed by atoms with E-state index in [0.29, 0.717) is 21.7 Å². The van der Waals surface area contributed by atoms with E-state index < -0.39 is 41.8 Å². The van der Waals surface area contributed by atoms with Crippen LogP contribution < -0.4 is 11.1 Å². The number of imide groups is 1. The van der Waals surface area contributed by atoms with Crippen LogP contribution in [0.3, 0.4) is 0 Å². The quantitative estimate of drug-likeness (QED) is 0.285. The van der Waals surface area contributed by atoms with Gasteiger partial charge in [0.2, 0.25) is 5.91 Å². The largest absolute Gasteiger partial charge is 0.481 e. The molecule has 1 aromatic carbocycles. The number of pyridine rings is 1. The topological polar surface area (TPSA) is 170 Å². The Bertz CT molecular complexity index is 1090. The van der Waals surface area contributed by atoms with Crippen molar-refractivity contribution in [1.29, 1.82) is 5.41 Å². The molecule has 0 saturated carbocycles. The van der Waals surface area contributed by atoms with Crippen LogP contribution in [0.1, 0.15) is 43.0 Å². The number of benzene rings is 1. The summed E-state index contributed by atoms with van der Waals surface area (Å²) in [6, 6.07) is 7.29. The third-order valence-corrected chi connectivity index (χ3v) is 5.21. The number of carboxylic acids is 1. The number of nitrogens with two attached hydrogens (primary N) is 1. The van der Waals surface area contributed by atoms with Gasteiger partial charge in [-0.05, 0) is 24.1 Å². The average Bonchev–Trinajstić information content (AvgIpc) is 2.97. The molecule has 2 aromatic rings. The number of rotatable bonds is 7. The summed E-state index contributed by atoms with van der Waals surface area (Å²) < 4.78 is 0. The molecule has 0 bridgehead atoms. The van der Waals surface area contributed by atoms with Crippen LogP contribution in [0, 0.1) is 5.41 Å². The maximum atomic E-state index is 13.4. The highest BCUT2D eigenvalue weighted by Crippen LogP contribution is 2.34. The average molecular weight is 438 g/mol. The number of nitrogens with one attached hydrogen (secondary N) is 2. The number of carbonyl (C=O) groups is 4. The number of nitrogen functional groups attached to an aromatic ring is 1. The molecule has 1 fully saturated rings. The highest BCUT2D eigenvalue weighted by Gasteiger charge is 2.53. The van der Waals surface area contributed by atoms with Gasteiger partial charge in [-0.25, -0.2) is 9.80 Å². The van der Waals surface area contributed by atoms with E-state index in [0.717, 1.165) is 11.9 Å². The molecule has 1 aliphatic rings. The lowest BCUT2D eigenvalue weighted by Crippen LogP contribution is -2.52. The molecule has 2 heterocycles. The third kappa shape index (κ3) is 4.00. The molecule has 0 aliphatic carbocycles. The Morgan fingerprint density at radius 3 is 2.44 bits per heavy atom. The lowest BCUT2D eigenvalue weighted by atomic mass is 9.91. The fourth-order valence-electron chi connectivity index (χ4n) is 3.58. The van der Waals surface area contributed by atoms with Crippen molar-refractivity contribution in [2.75, 3.05) is 0 Å². The Kier molecular flexibility index (Phi) is 5.92. The molecule has 0 spiro atoms. The summed E-state index contributed by atoms with van der Waals surface area (Å²) in [5, 5.41) is 21.0. The molecular weight excluding hydrogens is 416 g/mol. The number of hydrogen-bond acceptors (Lipinski definition) is 6.